The van der Waals surface area contributed by atoms with Gasteiger partial charge in [0.05, 0.1) is 12.7 Å². The lowest BCUT2D eigenvalue weighted by atomic mass is 9.94. The second-order valence-electron chi connectivity index (χ2n) is 5.78. The summed E-state index contributed by atoms with van der Waals surface area (Å²) in [6, 6.07) is 14.9. The number of carbonyl (C=O) groups excluding carboxylic acids is 1. The zero-order chi connectivity index (χ0) is 15.3. The molecule has 0 N–H and O–H groups in total. The van der Waals surface area contributed by atoms with Crippen molar-refractivity contribution in [3.05, 3.63) is 59.3 Å². The Labute approximate surface area is 129 Å². The molecule has 0 saturated heterocycles. The van der Waals surface area contributed by atoms with Crippen molar-refractivity contribution in [3.63, 3.8) is 0 Å². The molecule has 110 valence electrons. The smallest absolute Gasteiger partial charge is 0.339 e. The molecule has 1 aliphatic heterocycles. The molecule has 0 spiro atoms. The fraction of sp³-hybridized carbons (Fsp3) is 0.211. The monoisotopic (exact) mass is 291 g/mol. The summed E-state index contributed by atoms with van der Waals surface area (Å²) >= 11 is 0. The molecule has 3 nitrogen and oxygen atoms in total. The average Bonchev–Trinajstić information content (AvgIpc) is 2.89. The molecule has 2 heterocycles. The van der Waals surface area contributed by atoms with E-state index in [-0.39, 0.29) is 5.97 Å². The van der Waals surface area contributed by atoms with Gasteiger partial charge in [0.1, 0.15) is 0 Å². The Balaban J connectivity index is 1.97. The fourth-order valence-electron chi connectivity index (χ4n) is 3.44. The lowest BCUT2D eigenvalue weighted by Gasteiger charge is -2.21. The van der Waals surface area contributed by atoms with Crippen LogP contribution in [0.2, 0.25) is 0 Å². The van der Waals surface area contributed by atoms with Gasteiger partial charge < -0.3 is 9.30 Å². The number of aryl methyl sites for hydroxylation is 1. The zero-order valence-electron chi connectivity index (χ0n) is 12.7. The quantitative estimate of drug-likeness (QED) is 0.635. The minimum Gasteiger partial charge on any atom is -0.465 e. The maximum atomic E-state index is 11.9. The van der Waals surface area contributed by atoms with Gasteiger partial charge in [-0.15, -0.1) is 0 Å². The number of methoxy groups -OCH3 is 1. The summed E-state index contributed by atoms with van der Waals surface area (Å²) < 4.78 is 7.13. The summed E-state index contributed by atoms with van der Waals surface area (Å²) in [6.07, 6.45) is 0.989. The van der Waals surface area contributed by atoms with Gasteiger partial charge in [0.25, 0.3) is 0 Å². The number of aromatic nitrogens is 1. The van der Waals surface area contributed by atoms with Gasteiger partial charge in [0.15, 0.2) is 0 Å². The summed E-state index contributed by atoms with van der Waals surface area (Å²) in [5.74, 6) is -0.262. The van der Waals surface area contributed by atoms with Crippen LogP contribution < -0.4 is 0 Å². The molecule has 0 bridgehead atoms. The van der Waals surface area contributed by atoms with Crippen LogP contribution in [0.25, 0.3) is 22.0 Å². The molecule has 0 saturated carbocycles. The van der Waals surface area contributed by atoms with Crippen molar-refractivity contribution in [3.8, 4) is 11.3 Å². The van der Waals surface area contributed by atoms with Crippen molar-refractivity contribution >= 4 is 16.7 Å². The number of hydrogen-bond donors (Lipinski definition) is 0. The van der Waals surface area contributed by atoms with E-state index in [2.05, 4.69) is 41.0 Å². The van der Waals surface area contributed by atoms with E-state index in [0.29, 0.717) is 5.56 Å². The molecular weight excluding hydrogens is 274 g/mol. The van der Waals surface area contributed by atoms with E-state index in [1.54, 1.807) is 0 Å². The predicted octanol–water partition coefficient (Wildman–Crippen LogP) is 3.96. The molecule has 1 aromatic heterocycles. The van der Waals surface area contributed by atoms with E-state index in [9.17, 15) is 4.79 Å². The number of hydrogen-bond acceptors (Lipinski definition) is 2. The largest absolute Gasteiger partial charge is 0.465 e. The minimum absolute atomic E-state index is 0.262. The van der Waals surface area contributed by atoms with Crippen LogP contribution in [0.4, 0.5) is 0 Å². The van der Waals surface area contributed by atoms with Crippen LogP contribution in [0.15, 0.2) is 42.5 Å². The molecule has 0 unspecified atom stereocenters. The summed E-state index contributed by atoms with van der Waals surface area (Å²) in [6.45, 7) is 2.89. The molecule has 22 heavy (non-hydrogen) atoms. The molecule has 0 aliphatic carbocycles. The van der Waals surface area contributed by atoms with Crippen LogP contribution in [0.1, 0.15) is 21.6 Å². The van der Waals surface area contributed by atoms with Crippen LogP contribution in [0.5, 0.6) is 0 Å². The summed E-state index contributed by atoms with van der Waals surface area (Å²) in [5.41, 5.74) is 5.34. The van der Waals surface area contributed by atoms with Crippen molar-refractivity contribution < 1.29 is 9.53 Å². The molecule has 2 aromatic carbocycles. The van der Waals surface area contributed by atoms with E-state index in [1.807, 2.05) is 13.0 Å². The Kier molecular flexibility index (Phi) is 2.83. The van der Waals surface area contributed by atoms with E-state index >= 15 is 0 Å². The van der Waals surface area contributed by atoms with Crippen molar-refractivity contribution in [2.24, 2.45) is 0 Å². The Hall–Kier alpha value is -2.55. The number of esters is 1. The van der Waals surface area contributed by atoms with Crippen molar-refractivity contribution in [2.75, 3.05) is 7.11 Å². The Morgan fingerprint density at radius 3 is 2.59 bits per heavy atom. The molecule has 0 amide bonds. The van der Waals surface area contributed by atoms with Gasteiger partial charge in [-0.1, -0.05) is 30.3 Å². The highest BCUT2D eigenvalue weighted by atomic mass is 16.5. The molecule has 0 radical (unpaired) electrons. The third kappa shape index (κ3) is 1.78. The lowest BCUT2D eigenvalue weighted by molar-refractivity contribution is 0.0600. The number of nitrogens with zero attached hydrogens (tertiary/aromatic N) is 1. The zero-order valence-corrected chi connectivity index (χ0v) is 12.7. The van der Waals surface area contributed by atoms with Crippen LogP contribution >= 0.6 is 0 Å². The first-order valence-corrected chi connectivity index (χ1v) is 7.49. The highest BCUT2D eigenvalue weighted by Gasteiger charge is 2.23. The van der Waals surface area contributed by atoms with E-state index < -0.39 is 0 Å². The molecule has 0 fully saturated rings. The van der Waals surface area contributed by atoms with Gasteiger partial charge in [0, 0.05) is 23.5 Å². The highest BCUT2D eigenvalue weighted by Crippen LogP contribution is 2.36. The van der Waals surface area contributed by atoms with Crippen molar-refractivity contribution in [1.82, 2.24) is 4.57 Å². The Morgan fingerprint density at radius 2 is 1.86 bits per heavy atom. The maximum absolute atomic E-state index is 11.9. The highest BCUT2D eigenvalue weighted by molar-refractivity contribution is 5.94. The second kappa shape index (κ2) is 4.73. The molecular formula is C19H17NO2. The van der Waals surface area contributed by atoms with Gasteiger partial charge in [-0.3, -0.25) is 0 Å². The van der Waals surface area contributed by atoms with Crippen LogP contribution in [0, 0.1) is 6.92 Å². The van der Waals surface area contributed by atoms with E-state index in [0.717, 1.165) is 24.4 Å². The third-order valence-corrected chi connectivity index (χ3v) is 4.62. The van der Waals surface area contributed by atoms with Crippen molar-refractivity contribution in [2.45, 2.75) is 19.9 Å². The first kappa shape index (κ1) is 13.1. The summed E-state index contributed by atoms with van der Waals surface area (Å²) in [5, 5.41) is 2.50. The number of carbonyl (C=O) groups is 1. The topological polar surface area (TPSA) is 31.2 Å². The molecule has 0 atom stereocenters. The molecule has 1 aliphatic rings. The van der Waals surface area contributed by atoms with Crippen LogP contribution in [-0.2, 0) is 17.7 Å². The normalized spacial score (nSPS) is 12.8. The molecule has 3 aromatic rings. The van der Waals surface area contributed by atoms with Gasteiger partial charge in [0.2, 0.25) is 0 Å². The summed E-state index contributed by atoms with van der Waals surface area (Å²) in [7, 11) is 1.43. The summed E-state index contributed by atoms with van der Waals surface area (Å²) in [4.78, 5) is 11.9. The number of fused-ring (bicyclic) bond motifs is 4. The van der Waals surface area contributed by atoms with Crippen LogP contribution in [0.3, 0.4) is 0 Å². The SMILES string of the molecule is COC(=O)c1cc2n(c1C)CCc1cc3ccccc3cc1-2. The van der Waals surface area contributed by atoms with Gasteiger partial charge in [-0.05, 0) is 41.8 Å². The lowest BCUT2D eigenvalue weighted by Crippen LogP contribution is -2.12. The van der Waals surface area contributed by atoms with Crippen molar-refractivity contribution in [1.29, 1.82) is 0 Å². The first-order chi connectivity index (χ1) is 10.7. The standard InChI is InChI=1S/C19H17NO2/c1-12-16(19(21)22-2)11-18-17-10-14-6-4-3-5-13(14)9-15(17)7-8-20(12)18/h3-6,9-11H,7-8H2,1-2H3. The Morgan fingerprint density at radius 1 is 1.14 bits per heavy atom. The second-order valence-corrected chi connectivity index (χ2v) is 5.78. The predicted molar refractivity (Wildman–Crippen MR) is 87.2 cm³/mol. The Bertz CT molecular complexity index is 905. The van der Waals surface area contributed by atoms with Gasteiger partial charge >= 0.3 is 5.97 Å². The third-order valence-electron chi connectivity index (χ3n) is 4.62. The maximum Gasteiger partial charge on any atom is 0.339 e. The number of ether oxygens (including phenoxy) is 1. The van der Waals surface area contributed by atoms with E-state index in [4.69, 9.17) is 4.74 Å². The minimum atomic E-state index is -0.262. The molecule has 4 rings (SSSR count). The van der Waals surface area contributed by atoms with Crippen LogP contribution in [-0.4, -0.2) is 17.6 Å². The fourth-order valence-corrected chi connectivity index (χ4v) is 3.44. The number of rotatable bonds is 1. The van der Waals surface area contributed by atoms with Gasteiger partial charge in [-0.25, -0.2) is 4.79 Å². The van der Waals surface area contributed by atoms with E-state index in [1.165, 1.54) is 29.0 Å². The van der Waals surface area contributed by atoms with Gasteiger partial charge in [-0.2, -0.15) is 0 Å². The average molecular weight is 291 g/mol. The number of benzene rings is 2. The first-order valence-electron chi connectivity index (χ1n) is 7.49. The molecule has 3 heteroatoms.